The first-order chi connectivity index (χ1) is 14.4. The molecule has 0 fully saturated rings. The van der Waals surface area contributed by atoms with Gasteiger partial charge >= 0.3 is 0 Å². The maximum absolute atomic E-state index is 13.0. The van der Waals surface area contributed by atoms with Crippen LogP contribution < -0.4 is 5.32 Å². The van der Waals surface area contributed by atoms with Crippen molar-refractivity contribution in [3.05, 3.63) is 98.2 Å². The monoisotopic (exact) mass is 407 g/mol. The summed E-state index contributed by atoms with van der Waals surface area (Å²) in [5, 5.41) is 2.67. The molecule has 0 radical (unpaired) electrons. The number of carbonyl (C=O) groups is 3. The smallest absolute Gasteiger partial charge is 0.254 e. The van der Waals surface area contributed by atoms with Gasteiger partial charge in [-0.25, -0.2) is 0 Å². The molecule has 1 N–H and O–H groups in total. The Hall–Kier alpha value is -3.67. The molecule has 1 rings (SSSR count). The fourth-order valence-electron chi connectivity index (χ4n) is 2.74. The number of nitrogens with zero attached hydrogens (tertiary/aromatic N) is 2. The summed E-state index contributed by atoms with van der Waals surface area (Å²) in [5.74, 6) is -1.07. The zero-order valence-corrected chi connectivity index (χ0v) is 17.3. The minimum atomic E-state index is -0.406. The van der Waals surface area contributed by atoms with Crippen LogP contribution in [0.15, 0.2) is 81.5 Å². The third-order valence-corrected chi connectivity index (χ3v) is 4.07. The molecule has 0 aliphatic carbocycles. The highest BCUT2D eigenvalue weighted by Crippen LogP contribution is 2.16. The Balaban J connectivity index is 3.47. The van der Waals surface area contributed by atoms with Gasteiger partial charge in [0.15, 0.2) is 0 Å². The molecule has 0 unspecified atom stereocenters. The molecule has 3 amide bonds. The first kappa shape index (κ1) is 24.4. The Bertz CT molecular complexity index is 768. The van der Waals surface area contributed by atoms with Crippen molar-refractivity contribution >= 4 is 17.7 Å². The molecule has 0 aliphatic rings. The Kier molecular flexibility index (Phi) is 10.3. The number of benzene rings is 1. The van der Waals surface area contributed by atoms with Gasteiger partial charge < -0.3 is 15.1 Å². The van der Waals surface area contributed by atoms with Crippen LogP contribution >= 0.6 is 0 Å². The van der Waals surface area contributed by atoms with Crippen molar-refractivity contribution in [2.75, 3.05) is 32.7 Å². The second-order valence-corrected chi connectivity index (χ2v) is 6.37. The molecule has 6 heteroatoms. The summed E-state index contributed by atoms with van der Waals surface area (Å²) in [6.45, 7) is 19.7. The van der Waals surface area contributed by atoms with Gasteiger partial charge in [-0.1, -0.05) is 30.4 Å². The van der Waals surface area contributed by atoms with Crippen molar-refractivity contribution in [2.24, 2.45) is 0 Å². The van der Waals surface area contributed by atoms with E-state index in [0.29, 0.717) is 26.2 Å². The maximum Gasteiger partial charge on any atom is 0.254 e. The fraction of sp³-hybridized carbons (Fsp3) is 0.208. The molecule has 0 bridgehead atoms. The van der Waals surface area contributed by atoms with E-state index in [1.165, 1.54) is 28.0 Å². The summed E-state index contributed by atoms with van der Waals surface area (Å²) in [5.41, 5.74) is 0.663. The normalized spacial score (nSPS) is 9.73. The van der Waals surface area contributed by atoms with Gasteiger partial charge in [-0.05, 0) is 18.2 Å². The van der Waals surface area contributed by atoms with E-state index in [9.17, 15) is 14.4 Å². The van der Waals surface area contributed by atoms with Gasteiger partial charge in [0.25, 0.3) is 17.7 Å². The number of rotatable bonds is 13. The standard InChI is InChI=1S/C24H29N3O3/c1-6-11-25-22(28)19-16-20(23(29)26(12-7-2)13-8-3)18-21(17-19)24(30)27(14-9-4)15-10-5/h6-10,16-18H,1-5,11-15H2,(H,25,28). The van der Waals surface area contributed by atoms with Crippen molar-refractivity contribution in [1.82, 2.24) is 15.1 Å². The van der Waals surface area contributed by atoms with Crippen LogP contribution in [0.25, 0.3) is 0 Å². The van der Waals surface area contributed by atoms with Crippen molar-refractivity contribution in [2.45, 2.75) is 0 Å². The second-order valence-electron chi connectivity index (χ2n) is 6.37. The SMILES string of the molecule is C=CCNC(=O)c1cc(C(=O)N(CC=C)CC=C)cc(C(=O)N(CC=C)CC=C)c1. The highest BCUT2D eigenvalue weighted by atomic mass is 16.2. The second kappa shape index (κ2) is 12.7. The van der Waals surface area contributed by atoms with Crippen LogP contribution in [-0.4, -0.2) is 60.2 Å². The molecule has 0 saturated carbocycles. The topological polar surface area (TPSA) is 69.7 Å². The molecule has 0 spiro atoms. The van der Waals surface area contributed by atoms with Crippen LogP contribution in [0, 0.1) is 0 Å². The third-order valence-electron chi connectivity index (χ3n) is 4.07. The fourth-order valence-corrected chi connectivity index (χ4v) is 2.74. The van der Waals surface area contributed by atoms with E-state index < -0.39 is 5.91 Å². The summed E-state index contributed by atoms with van der Waals surface area (Å²) in [6.07, 6.45) is 7.95. The number of nitrogens with one attached hydrogen (secondary N) is 1. The van der Waals surface area contributed by atoms with E-state index in [1.807, 2.05) is 0 Å². The molecule has 0 heterocycles. The summed E-state index contributed by atoms with van der Waals surface area (Å²) < 4.78 is 0. The molecular weight excluding hydrogens is 378 g/mol. The molecular formula is C24H29N3O3. The Labute approximate surface area is 178 Å². The molecule has 0 aliphatic heterocycles. The Morgan fingerprint density at radius 2 is 1.03 bits per heavy atom. The van der Waals surface area contributed by atoms with Crippen LogP contribution in [0.1, 0.15) is 31.1 Å². The van der Waals surface area contributed by atoms with Gasteiger partial charge in [0.1, 0.15) is 0 Å². The zero-order valence-electron chi connectivity index (χ0n) is 17.3. The van der Waals surface area contributed by atoms with Gasteiger partial charge in [-0.2, -0.15) is 0 Å². The summed E-state index contributed by atoms with van der Waals surface area (Å²) in [7, 11) is 0. The third kappa shape index (κ3) is 6.74. The highest BCUT2D eigenvalue weighted by Gasteiger charge is 2.21. The highest BCUT2D eigenvalue weighted by molar-refractivity contribution is 6.04. The van der Waals surface area contributed by atoms with Crippen LogP contribution in [0.4, 0.5) is 0 Å². The van der Waals surface area contributed by atoms with E-state index in [-0.39, 0.29) is 35.0 Å². The van der Waals surface area contributed by atoms with Crippen molar-refractivity contribution < 1.29 is 14.4 Å². The minimum absolute atomic E-state index is 0.209. The summed E-state index contributed by atoms with van der Waals surface area (Å²) in [6, 6.07) is 4.44. The molecule has 0 saturated heterocycles. The summed E-state index contributed by atoms with van der Waals surface area (Å²) >= 11 is 0. The van der Waals surface area contributed by atoms with Gasteiger partial charge in [0.2, 0.25) is 0 Å². The van der Waals surface area contributed by atoms with Crippen LogP contribution in [-0.2, 0) is 0 Å². The van der Waals surface area contributed by atoms with Crippen molar-refractivity contribution in [1.29, 1.82) is 0 Å². The molecule has 1 aromatic rings. The molecule has 6 nitrogen and oxygen atoms in total. The number of hydrogen-bond donors (Lipinski definition) is 1. The number of amides is 3. The predicted octanol–water partition coefficient (Wildman–Crippen LogP) is 3.23. The summed E-state index contributed by atoms with van der Waals surface area (Å²) in [4.78, 5) is 41.6. The first-order valence-corrected chi connectivity index (χ1v) is 9.49. The maximum atomic E-state index is 13.0. The largest absolute Gasteiger partial charge is 0.349 e. The van der Waals surface area contributed by atoms with Crippen LogP contribution in [0.2, 0.25) is 0 Å². The van der Waals surface area contributed by atoms with Crippen molar-refractivity contribution in [3.63, 3.8) is 0 Å². The minimum Gasteiger partial charge on any atom is -0.349 e. The lowest BCUT2D eigenvalue weighted by atomic mass is 10.0. The lowest BCUT2D eigenvalue weighted by Crippen LogP contribution is -2.34. The van der Waals surface area contributed by atoms with E-state index in [2.05, 4.69) is 38.2 Å². The van der Waals surface area contributed by atoms with Gasteiger partial charge in [-0.3, -0.25) is 14.4 Å². The lowest BCUT2D eigenvalue weighted by molar-refractivity contribution is 0.0789. The Morgan fingerprint density at radius 3 is 1.37 bits per heavy atom. The van der Waals surface area contributed by atoms with E-state index >= 15 is 0 Å². The van der Waals surface area contributed by atoms with Crippen LogP contribution in [0.5, 0.6) is 0 Å². The Morgan fingerprint density at radius 1 is 0.667 bits per heavy atom. The molecule has 0 aromatic heterocycles. The van der Waals surface area contributed by atoms with E-state index in [0.717, 1.165) is 0 Å². The average molecular weight is 408 g/mol. The first-order valence-electron chi connectivity index (χ1n) is 9.49. The lowest BCUT2D eigenvalue weighted by Gasteiger charge is -2.22. The quantitative estimate of drug-likeness (QED) is 0.511. The number of carbonyl (C=O) groups excluding carboxylic acids is 3. The molecule has 0 atom stereocenters. The van der Waals surface area contributed by atoms with E-state index in [4.69, 9.17) is 0 Å². The molecule has 1 aromatic carbocycles. The zero-order chi connectivity index (χ0) is 22.5. The van der Waals surface area contributed by atoms with E-state index in [1.54, 1.807) is 30.4 Å². The van der Waals surface area contributed by atoms with Gasteiger partial charge in [0, 0.05) is 49.4 Å². The van der Waals surface area contributed by atoms with Crippen LogP contribution in [0.3, 0.4) is 0 Å². The molecule has 30 heavy (non-hydrogen) atoms. The van der Waals surface area contributed by atoms with Gasteiger partial charge in [0.05, 0.1) is 0 Å². The predicted molar refractivity (Wildman–Crippen MR) is 122 cm³/mol. The average Bonchev–Trinajstić information content (AvgIpc) is 2.75. The number of hydrogen-bond acceptors (Lipinski definition) is 3. The van der Waals surface area contributed by atoms with Crippen molar-refractivity contribution in [3.8, 4) is 0 Å². The van der Waals surface area contributed by atoms with Gasteiger partial charge in [-0.15, -0.1) is 32.9 Å². The molecule has 158 valence electrons.